The Morgan fingerprint density at radius 1 is 1.47 bits per heavy atom. The maximum atomic E-state index is 8.48. The van der Waals surface area contributed by atoms with Crippen LogP contribution >= 0.6 is 0 Å². The van der Waals surface area contributed by atoms with Gasteiger partial charge in [-0.05, 0) is 52.4 Å². The van der Waals surface area contributed by atoms with Crippen LogP contribution in [0.4, 0.5) is 0 Å². The molecule has 1 fully saturated rings. The minimum absolute atomic E-state index is 0.654. The second-order valence-corrected chi connectivity index (χ2v) is 4.77. The summed E-state index contributed by atoms with van der Waals surface area (Å²) in [5.41, 5.74) is 0. The van der Waals surface area contributed by atoms with Crippen LogP contribution in [-0.4, -0.2) is 50.1 Å². The average molecular weight is 209 g/mol. The predicted molar refractivity (Wildman–Crippen MR) is 62.6 cm³/mol. The lowest BCUT2D eigenvalue weighted by atomic mass is 9.95. The van der Waals surface area contributed by atoms with Gasteiger partial charge in [-0.2, -0.15) is 5.26 Å². The van der Waals surface area contributed by atoms with Crippen molar-refractivity contribution >= 4 is 0 Å². The summed E-state index contributed by atoms with van der Waals surface area (Å²) >= 11 is 0. The average Bonchev–Trinajstić information content (AvgIpc) is 2.23. The summed E-state index contributed by atoms with van der Waals surface area (Å²) in [6, 6.07) is 2.19. The van der Waals surface area contributed by atoms with Crippen molar-refractivity contribution in [2.24, 2.45) is 5.92 Å². The highest BCUT2D eigenvalue weighted by molar-refractivity contribution is 4.74. The Morgan fingerprint density at radius 3 is 2.93 bits per heavy atom. The van der Waals surface area contributed by atoms with Gasteiger partial charge in [0.2, 0.25) is 0 Å². The largest absolute Gasteiger partial charge is 0.306 e. The van der Waals surface area contributed by atoms with Gasteiger partial charge in [0.15, 0.2) is 0 Å². The van der Waals surface area contributed by atoms with Crippen molar-refractivity contribution in [2.75, 3.05) is 40.3 Å². The highest BCUT2D eigenvalue weighted by Gasteiger charge is 2.16. The molecule has 0 aromatic carbocycles. The Morgan fingerprint density at radius 2 is 2.27 bits per heavy atom. The second-order valence-electron chi connectivity index (χ2n) is 4.77. The van der Waals surface area contributed by atoms with E-state index >= 15 is 0 Å². The van der Waals surface area contributed by atoms with Gasteiger partial charge >= 0.3 is 0 Å². The van der Waals surface area contributed by atoms with Crippen LogP contribution in [0.15, 0.2) is 0 Å². The molecule has 1 heterocycles. The van der Waals surface area contributed by atoms with Crippen LogP contribution in [0.2, 0.25) is 0 Å². The third kappa shape index (κ3) is 5.15. The van der Waals surface area contributed by atoms with E-state index in [1.54, 1.807) is 0 Å². The maximum Gasteiger partial charge on any atom is 0.0635 e. The first-order chi connectivity index (χ1) is 7.22. The van der Waals surface area contributed by atoms with Crippen molar-refractivity contribution in [1.82, 2.24) is 9.80 Å². The molecule has 0 radical (unpaired) electrons. The third-order valence-electron chi connectivity index (χ3n) is 3.25. The molecule has 0 aromatic rings. The zero-order chi connectivity index (χ0) is 11.1. The highest BCUT2D eigenvalue weighted by atomic mass is 15.1. The van der Waals surface area contributed by atoms with E-state index in [1.807, 2.05) is 0 Å². The summed E-state index contributed by atoms with van der Waals surface area (Å²) in [6.45, 7) is 4.58. The number of nitriles is 1. The van der Waals surface area contributed by atoms with E-state index < -0.39 is 0 Å². The molecule has 0 spiro atoms. The lowest BCUT2D eigenvalue weighted by Crippen LogP contribution is -2.34. The molecule has 3 nitrogen and oxygen atoms in total. The zero-order valence-corrected chi connectivity index (χ0v) is 10.1. The molecular weight excluding hydrogens is 186 g/mol. The van der Waals surface area contributed by atoms with Crippen molar-refractivity contribution in [3.8, 4) is 6.07 Å². The van der Waals surface area contributed by atoms with Crippen LogP contribution in [0.25, 0.3) is 0 Å². The molecule has 15 heavy (non-hydrogen) atoms. The van der Waals surface area contributed by atoms with Crippen molar-refractivity contribution in [3.05, 3.63) is 0 Å². The first-order valence-electron chi connectivity index (χ1n) is 5.96. The van der Waals surface area contributed by atoms with E-state index in [0.29, 0.717) is 6.42 Å². The number of rotatable bonds is 5. The Balaban J connectivity index is 2.10. The molecule has 0 bridgehead atoms. The summed E-state index contributed by atoms with van der Waals surface area (Å²) in [6.07, 6.45) is 4.67. The fourth-order valence-electron chi connectivity index (χ4n) is 2.26. The van der Waals surface area contributed by atoms with E-state index in [1.165, 1.54) is 32.4 Å². The summed E-state index contributed by atoms with van der Waals surface area (Å²) < 4.78 is 0. The van der Waals surface area contributed by atoms with Crippen LogP contribution in [0.1, 0.15) is 25.7 Å². The quantitative estimate of drug-likeness (QED) is 0.688. The molecule has 3 heteroatoms. The molecule has 0 amide bonds. The van der Waals surface area contributed by atoms with E-state index in [9.17, 15) is 0 Å². The van der Waals surface area contributed by atoms with E-state index in [-0.39, 0.29) is 0 Å². The minimum Gasteiger partial charge on any atom is -0.306 e. The van der Waals surface area contributed by atoms with Gasteiger partial charge < -0.3 is 9.80 Å². The van der Waals surface area contributed by atoms with Gasteiger partial charge in [0.25, 0.3) is 0 Å². The first kappa shape index (κ1) is 12.5. The standard InChI is InChI=1S/C12H23N3/c1-14(9-4-7-13)10-6-12-5-3-8-15(2)11-12/h12H,3-6,8-11H2,1-2H3. The number of piperidine rings is 1. The molecule has 86 valence electrons. The monoisotopic (exact) mass is 209 g/mol. The molecule has 1 saturated heterocycles. The summed E-state index contributed by atoms with van der Waals surface area (Å²) in [7, 11) is 4.33. The summed E-state index contributed by atoms with van der Waals surface area (Å²) in [5.74, 6) is 0.869. The van der Waals surface area contributed by atoms with Gasteiger partial charge in [-0.1, -0.05) is 0 Å². The van der Waals surface area contributed by atoms with Crippen molar-refractivity contribution in [1.29, 1.82) is 5.26 Å². The SMILES string of the molecule is CN(CCC#N)CCC1CCCN(C)C1. The third-order valence-corrected chi connectivity index (χ3v) is 3.25. The Bertz CT molecular complexity index is 209. The van der Waals surface area contributed by atoms with Crippen LogP contribution in [0.3, 0.4) is 0 Å². The zero-order valence-electron chi connectivity index (χ0n) is 10.1. The van der Waals surface area contributed by atoms with Gasteiger partial charge in [-0.15, -0.1) is 0 Å². The molecule has 0 aliphatic carbocycles. The van der Waals surface area contributed by atoms with E-state index in [2.05, 4.69) is 30.0 Å². The summed E-state index contributed by atoms with van der Waals surface area (Å²) in [5, 5.41) is 8.48. The first-order valence-corrected chi connectivity index (χ1v) is 5.96. The van der Waals surface area contributed by atoms with Crippen LogP contribution in [-0.2, 0) is 0 Å². The van der Waals surface area contributed by atoms with Gasteiger partial charge in [0.05, 0.1) is 6.07 Å². The number of likely N-dealkylation sites (tertiary alicyclic amines) is 1. The van der Waals surface area contributed by atoms with Crippen molar-refractivity contribution in [2.45, 2.75) is 25.7 Å². The normalized spacial score (nSPS) is 22.9. The minimum atomic E-state index is 0.654. The lowest BCUT2D eigenvalue weighted by Gasteiger charge is -2.30. The molecule has 0 saturated carbocycles. The van der Waals surface area contributed by atoms with Crippen LogP contribution < -0.4 is 0 Å². The molecule has 1 aliphatic rings. The molecule has 1 rings (SSSR count). The van der Waals surface area contributed by atoms with Crippen LogP contribution in [0, 0.1) is 17.2 Å². The smallest absolute Gasteiger partial charge is 0.0635 e. The van der Waals surface area contributed by atoms with E-state index in [4.69, 9.17) is 5.26 Å². The highest BCUT2D eigenvalue weighted by Crippen LogP contribution is 2.18. The van der Waals surface area contributed by atoms with Gasteiger partial charge in [-0.3, -0.25) is 0 Å². The molecule has 1 aliphatic heterocycles. The Kier molecular flexibility index (Phi) is 5.67. The van der Waals surface area contributed by atoms with Gasteiger partial charge in [0.1, 0.15) is 0 Å². The van der Waals surface area contributed by atoms with Gasteiger partial charge in [0, 0.05) is 19.5 Å². The van der Waals surface area contributed by atoms with Crippen molar-refractivity contribution < 1.29 is 0 Å². The second kappa shape index (κ2) is 6.81. The molecule has 1 unspecified atom stereocenters. The topological polar surface area (TPSA) is 30.3 Å². The fraction of sp³-hybridized carbons (Fsp3) is 0.917. The van der Waals surface area contributed by atoms with Crippen molar-refractivity contribution in [3.63, 3.8) is 0 Å². The Labute approximate surface area is 93.7 Å². The lowest BCUT2D eigenvalue weighted by molar-refractivity contribution is 0.186. The van der Waals surface area contributed by atoms with Crippen LogP contribution in [0.5, 0.6) is 0 Å². The Hall–Kier alpha value is -0.590. The maximum absolute atomic E-state index is 8.48. The van der Waals surface area contributed by atoms with Gasteiger partial charge in [-0.25, -0.2) is 0 Å². The fourth-order valence-corrected chi connectivity index (χ4v) is 2.26. The number of hydrogen-bond donors (Lipinski definition) is 0. The molecule has 0 N–H and O–H groups in total. The molecule has 1 atom stereocenters. The molecular formula is C12H23N3. The number of hydrogen-bond acceptors (Lipinski definition) is 3. The van der Waals surface area contributed by atoms with E-state index in [0.717, 1.165) is 19.0 Å². The summed E-state index contributed by atoms with van der Waals surface area (Å²) in [4.78, 5) is 4.71. The molecule has 0 aromatic heterocycles. The number of nitrogens with zero attached hydrogens (tertiary/aromatic N) is 3. The predicted octanol–water partition coefficient (Wildman–Crippen LogP) is 1.56.